The van der Waals surface area contributed by atoms with Gasteiger partial charge in [0.25, 0.3) is 10.0 Å². The van der Waals surface area contributed by atoms with Crippen molar-refractivity contribution in [2.75, 3.05) is 10.6 Å². The van der Waals surface area contributed by atoms with Crippen LogP contribution in [0.2, 0.25) is 10.0 Å². The predicted molar refractivity (Wildman–Crippen MR) is 98.2 cm³/mol. The van der Waals surface area contributed by atoms with Crippen LogP contribution in [0.25, 0.3) is 10.9 Å². The summed E-state index contributed by atoms with van der Waals surface area (Å²) >= 11 is 11.8. The highest BCUT2D eigenvalue weighted by molar-refractivity contribution is 7.90. The molecule has 2 heterocycles. The summed E-state index contributed by atoms with van der Waals surface area (Å²) in [5, 5.41) is 15.5. The number of fused-ring (bicyclic) bond motifs is 2. The zero-order chi connectivity index (χ0) is 18.6. The zero-order valence-electron chi connectivity index (χ0n) is 12.6. The Balaban J connectivity index is 1.78. The lowest BCUT2D eigenvalue weighted by Crippen LogP contribution is -2.28. The second kappa shape index (κ2) is 5.76. The minimum absolute atomic E-state index is 0.125. The molecule has 0 fully saturated rings. The second-order valence-corrected chi connectivity index (χ2v) is 7.79. The minimum atomic E-state index is -4.24. The first-order chi connectivity index (χ1) is 12.3. The van der Waals surface area contributed by atoms with Crippen LogP contribution in [0.4, 0.5) is 15.8 Å². The monoisotopic (exact) mass is 414 g/mol. The maximum Gasteiger partial charge on any atom is 0.289 e. The number of nitrogens with one attached hydrogen (secondary N) is 3. The van der Waals surface area contributed by atoms with E-state index in [0.29, 0.717) is 10.9 Å². The van der Waals surface area contributed by atoms with E-state index in [2.05, 4.69) is 20.0 Å². The molecule has 0 saturated heterocycles. The number of guanidine groups is 1. The van der Waals surface area contributed by atoms with Crippen LogP contribution >= 0.6 is 23.2 Å². The molecule has 4 N–H and O–H groups in total. The number of rotatable bonds is 1. The van der Waals surface area contributed by atoms with Gasteiger partial charge in [0, 0.05) is 23.3 Å². The fourth-order valence-corrected chi connectivity index (χ4v) is 4.52. The Labute approximate surface area is 156 Å². The number of phenolic OH excluding ortho intramolecular Hbond substituents is 1. The van der Waals surface area contributed by atoms with Crippen LogP contribution in [0.15, 0.2) is 39.8 Å². The number of nitrogens with zero attached hydrogens (tertiary/aromatic N) is 1. The Bertz CT molecular complexity index is 1210. The summed E-state index contributed by atoms with van der Waals surface area (Å²) < 4.78 is 42.5. The molecule has 1 aliphatic heterocycles. The maximum absolute atomic E-state index is 14.1. The van der Waals surface area contributed by atoms with E-state index < -0.39 is 26.5 Å². The number of hydrogen-bond donors (Lipinski definition) is 4. The van der Waals surface area contributed by atoms with Crippen molar-refractivity contribution >= 4 is 61.5 Å². The van der Waals surface area contributed by atoms with E-state index in [1.54, 1.807) is 18.3 Å². The number of halogens is 3. The summed E-state index contributed by atoms with van der Waals surface area (Å²) in [5.41, 5.74) is 0.422. The number of benzene rings is 2. The van der Waals surface area contributed by atoms with Gasteiger partial charge in [-0.15, -0.1) is 4.40 Å². The third kappa shape index (κ3) is 2.64. The normalized spacial score (nSPS) is 15.3. The largest absolute Gasteiger partial charge is 0.506 e. The second-order valence-electron chi connectivity index (χ2n) is 5.46. The number of aromatic nitrogens is 1. The lowest BCUT2D eigenvalue weighted by molar-refractivity contribution is 0.476. The van der Waals surface area contributed by atoms with Crippen molar-refractivity contribution in [1.82, 2.24) is 4.98 Å². The van der Waals surface area contributed by atoms with Crippen molar-refractivity contribution in [3.63, 3.8) is 0 Å². The Kier molecular flexibility index (Phi) is 3.76. The van der Waals surface area contributed by atoms with Gasteiger partial charge in [0.2, 0.25) is 5.96 Å². The van der Waals surface area contributed by atoms with E-state index in [1.165, 1.54) is 6.07 Å². The lowest BCUT2D eigenvalue weighted by Gasteiger charge is -2.21. The number of aromatic amines is 1. The molecule has 0 saturated carbocycles. The molecule has 4 rings (SSSR count). The standard InChI is InChI=1S/C15H9Cl2FN4O3S/c16-8-5-10(23)13-14(11(8)17)26(24,25)22-15(21-13)20-7-3-6-1-2-19-12(6)9(18)4-7/h1-5,19,23H,(H2,20,21,22). The number of anilines is 2. The van der Waals surface area contributed by atoms with Crippen LogP contribution in [0, 0.1) is 5.82 Å². The van der Waals surface area contributed by atoms with E-state index >= 15 is 0 Å². The molecule has 0 radical (unpaired) electrons. The highest BCUT2D eigenvalue weighted by Crippen LogP contribution is 2.43. The first-order valence-corrected chi connectivity index (χ1v) is 9.32. The van der Waals surface area contributed by atoms with Gasteiger partial charge in [0.15, 0.2) is 0 Å². The Morgan fingerprint density at radius 3 is 2.77 bits per heavy atom. The molecule has 0 unspecified atom stereocenters. The summed E-state index contributed by atoms with van der Waals surface area (Å²) in [7, 11) is -4.24. The highest BCUT2D eigenvalue weighted by Gasteiger charge is 2.32. The van der Waals surface area contributed by atoms with Gasteiger partial charge in [0.1, 0.15) is 22.1 Å². The Hall–Kier alpha value is -2.49. The van der Waals surface area contributed by atoms with E-state index in [4.69, 9.17) is 23.2 Å². The molecule has 0 aliphatic carbocycles. The smallest absolute Gasteiger partial charge is 0.289 e. The van der Waals surface area contributed by atoms with E-state index in [0.717, 1.165) is 6.07 Å². The van der Waals surface area contributed by atoms with E-state index in [9.17, 15) is 17.9 Å². The van der Waals surface area contributed by atoms with Crippen LogP contribution < -0.4 is 10.6 Å². The van der Waals surface area contributed by atoms with Gasteiger partial charge in [0.05, 0.1) is 15.6 Å². The summed E-state index contributed by atoms with van der Waals surface area (Å²) in [6.45, 7) is 0. The summed E-state index contributed by atoms with van der Waals surface area (Å²) in [5.74, 6) is -1.16. The molecule has 0 atom stereocenters. The maximum atomic E-state index is 14.1. The third-order valence-electron chi connectivity index (χ3n) is 3.74. The van der Waals surface area contributed by atoms with Crippen molar-refractivity contribution in [3.8, 4) is 5.75 Å². The Morgan fingerprint density at radius 2 is 2.00 bits per heavy atom. The van der Waals surface area contributed by atoms with Gasteiger partial charge in [-0.25, -0.2) is 4.39 Å². The van der Waals surface area contributed by atoms with E-state index in [-0.39, 0.29) is 27.4 Å². The van der Waals surface area contributed by atoms with Gasteiger partial charge >= 0.3 is 0 Å². The van der Waals surface area contributed by atoms with Gasteiger partial charge in [-0.3, -0.25) is 0 Å². The van der Waals surface area contributed by atoms with Crippen molar-refractivity contribution in [1.29, 1.82) is 0 Å². The Morgan fingerprint density at radius 1 is 1.23 bits per heavy atom. The molecule has 134 valence electrons. The summed E-state index contributed by atoms with van der Waals surface area (Å²) in [6, 6.07) is 5.56. The number of phenols is 1. The predicted octanol–water partition coefficient (Wildman–Crippen LogP) is 3.90. The topological polar surface area (TPSA) is 107 Å². The minimum Gasteiger partial charge on any atom is -0.506 e. The number of hydrogen-bond acceptors (Lipinski definition) is 5. The van der Waals surface area contributed by atoms with E-state index in [1.807, 2.05) is 0 Å². The first kappa shape index (κ1) is 17.0. The van der Waals surface area contributed by atoms with Crippen LogP contribution in [0.1, 0.15) is 0 Å². The fraction of sp³-hybridized carbons (Fsp3) is 0. The van der Waals surface area contributed by atoms with Gasteiger partial charge in [-0.05, 0) is 18.2 Å². The average molecular weight is 415 g/mol. The molecule has 2 aromatic carbocycles. The van der Waals surface area contributed by atoms with Crippen molar-refractivity contribution in [3.05, 3.63) is 46.3 Å². The van der Waals surface area contributed by atoms with Gasteiger partial charge in [-0.1, -0.05) is 23.2 Å². The number of sulfonamides is 1. The fourth-order valence-electron chi connectivity index (χ4n) is 2.65. The molecule has 7 nitrogen and oxygen atoms in total. The number of H-pyrrole nitrogens is 1. The quantitative estimate of drug-likeness (QED) is 0.451. The van der Waals surface area contributed by atoms with Crippen LogP contribution in [0.5, 0.6) is 5.75 Å². The molecule has 0 amide bonds. The molecule has 0 bridgehead atoms. The average Bonchev–Trinajstić information content (AvgIpc) is 3.00. The molecule has 26 heavy (non-hydrogen) atoms. The van der Waals surface area contributed by atoms with Crippen LogP contribution in [-0.4, -0.2) is 24.5 Å². The molecule has 11 heteroatoms. The van der Waals surface area contributed by atoms with Crippen molar-refractivity contribution in [2.24, 2.45) is 4.40 Å². The zero-order valence-corrected chi connectivity index (χ0v) is 15.0. The molecule has 0 spiro atoms. The molecular weight excluding hydrogens is 406 g/mol. The third-order valence-corrected chi connectivity index (χ3v) is 5.99. The van der Waals surface area contributed by atoms with Gasteiger partial charge < -0.3 is 20.7 Å². The first-order valence-electron chi connectivity index (χ1n) is 7.13. The van der Waals surface area contributed by atoms with Crippen molar-refractivity contribution < 1.29 is 17.9 Å². The number of aromatic hydroxyl groups is 1. The van der Waals surface area contributed by atoms with Crippen LogP contribution in [0.3, 0.4) is 0 Å². The lowest BCUT2D eigenvalue weighted by atomic mass is 10.2. The molecule has 1 aliphatic rings. The van der Waals surface area contributed by atoms with Crippen molar-refractivity contribution in [2.45, 2.75) is 4.90 Å². The summed E-state index contributed by atoms with van der Waals surface area (Å²) in [6.07, 6.45) is 1.58. The molecule has 1 aromatic heterocycles. The highest BCUT2D eigenvalue weighted by atomic mass is 35.5. The SMILES string of the molecule is O=S1(=O)N=C(Nc2cc(F)c3[nH]ccc3c2)Nc2c(O)cc(Cl)c(Cl)c21. The molecule has 3 aromatic rings. The van der Waals surface area contributed by atoms with Crippen LogP contribution in [-0.2, 0) is 10.0 Å². The summed E-state index contributed by atoms with van der Waals surface area (Å²) in [4.78, 5) is 2.33. The van der Waals surface area contributed by atoms with Gasteiger partial charge in [-0.2, -0.15) is 8.42 Å². The molecular formula is C15H9Cl2FN4O3S.